The molecule has 4 N–H and O–H groups in total. The highest BCUT2D eigenvalue weighted by Crippen LogP contribution is 2.36. The Kier molecular flexibility index (Phi) is 21.7. The SMILES string of the molecule is Cc1ncc(-c2ccnc(C(C)(C)C#N)c2)nc1-c1nnc(-c2ccc(C3CCNCC3)cc2)o1.Cc1ncc(-c2ccnc(C(C)(C)C#N)c2)nc1-c1nnc(-c2ccc(F)cc2NCCN(C)C)o1.Cc1ncc(-c2ccnc(C(C)(C)C#N)c2)nc1-c1nnc(-c2ccc(NC3CNC3)cc2)o1.[HH].[HH].[HH].[HH].[HH].[HH]. The number of hydrogen-bond acceptors (Lipinski definition) is 26. The van der Waals surface area contributed by atoms with Gasteiger partial charge in [0.25, 0.3) is 17.7 Å². The molecule has 2 aliphatic rings. The highest BCUT2D eigenvalue weighted by atomic mass is 19.1. The number of anilines is 2. The lowest BCUT2D eigenvalue weighted by Crippen LogP contribution is -2.51. The van der Waals surface area contributed by atoms with Crippen LogP contribution >= 0.6 is 0 Å². The molecule has 3 aromatic carbocycles. The van der Waals surface area contributed by atoms with E-state index in [-0.39, 0.29) is 26.2 Å². The molecular weight excluding hydrogens is 1330 g/mol. The van der Waals surface area contributed by atoms with Crippen molar-refractivity contribution in [1.29, 1.82) is 15.8 Å². The molecule has 12 aromatic rings. The number of aromatic nitrogens is 15. The number of likely N-dealkylation sites (N-methyl/N-ethyl adjacent to an activating group) is 1. The Balaban J connectivity index is 0.000000253. The third-order valence-electron chi connectivity index (χ3n) is 18.0. The van der Waals surface area contributed by atoms with Crippen LogP contribution in [0, 0.1) is 60.6 Å². The highest BCUT2D eigenvalue weighted by molar-refractivity contribution is 5.74. The summed E-state index contributed by atoms with van der Waals surface area (Å²) in [6, 6.07) is 39.1. The number of benzene rings is 3. The molecule has 2 fully saturated rings. The van der Waals surface area contributed by atoms with Crippen LogP contribution in [-0.2, 0) is 16.2 Å². The molecule has 0 spiro atoms. The lowest BCUT2D eigenvalue weighted by molar-refractivity contribution is 0.425. The lowest BCUT2D eigenvalue weighted by atomic mass is 9.90. The fourth-order valence-corrected chi connectivity index (χ4v) is 11.3. The summed E-state index contributed by atoms with van der Waals surface area (Å²) in [5.74, 6) is 2.16. The molecule has 11 heterocycles. The van der Waals surface area contributed by atoms with E-state index < -0.39 is 16.2 Å². The zero-order valence-corrected chi connectivity index (χ0v) is 60.2. The molecule has 105 heavy (non-hydrogen) atoms. The second kappa shape index (κ2) is 31.5. The third-order valence-corrected chi connectivity index (χ3v) is 18.0. The topological polar surface area (TPSA) is 355 Å². The van der Waals surface area contributed by atoms with Crippen LogP contribution in [0.3, 0.4) is 0 Å². The first-order chi connectivity index (χ1) is 50.5. The number of halogens is 1. The molecular formula is C78H90FN23O3. The highest BCUT2D eigenvalue weighted by Gasteiger charge is 2.28. The molecule has 0 radical (unpaired) electrons. The predicted molar refractivity (Wildman–Crippen MR) is 407 cm³/mol. The van der Waals surface area contributed by atoms with Gasteiger partial charge in [-0.05, 0) is 205 Å². The van der Waals surface area contributed by atoms with Gasteiger partial charge < -0.3 is 39.4 Å². The zero-order valence-electron chi connectivity index (χ0n) is 60.2. The standard InChI is InChI=1S/C27H27N7O.C26H27FN8O.C25H24N8O.6H2/c1-17-24(32-22(15-31-17)21-10-13-30-23(14-21)27(2,3)16-28)26-34-33-25(35-26)20-6-4-18(5-7-20)19-8-11-29-12-9-19;1-16-23(32-21(14-31-16)17-8-9-30-22(12-17)26(2,3)15-28)25-34-33-24(36-25)19-7-6-18(27)13-20(19)29-10-11-35(4)5;1-15-22(31-20(13-29-15)17-8-9-28-21(10-17)25(2,3)14-26)24-33-32-23(34-24)16-4-6-18(7-5-16)30-19-11-27-12-19;;;;;;/h4-7,10,13-15,19,29H,8-9,11-12H2,1-3H3;6-9,12-14,29H,10-11H2,1-5H3;4-10,13,19,27,30H,11-12H2,1-3H3;6*1H. The number of hydrogen-bond donors (Lipinski definition) is 4. The summed E-state index contributed by atoms with van der Waals surface area (Å²) in [5.41, 5.74) is 12.8. The minimum Gasteiger partial charge on any atom is -0.415 e. The van der Waals surface area contributed by atoms with E-state index in [0.29, 0.717) is 122 Å². The monoisotopic (exact) mass is 1420 g/mol. The Bertz CT molecular complexity index is 5230. The third kappa shape index (κ3) is 17.1. The van der Waals surface area contributed by atoms with Crippen LogP contribution < -0.4 is 21.3 Å². The van der Waals surface area contributed by atoms with Crippen molar-refractivity contribution in [2.24, 2.45) is 0 Å². The molecule has 26 nitrogen and oxygen atoms in total. The van der Waals surface area contributed by atoms with Gasteiger partial charge in [0.1, 0.15) is 22.9 Å². The van der Waals surface area contributed by atoms with E-state index in [1.54, 1.807) is 50.2 Å². The number of piperidine rings is 1. The predicted octanol–water partition coefficient (Wildman–Crippen LogP) is 14.5. The van der Waals surface area contributed by atoms with Crippen molar-refractivity contribution < 1.29 is 26.2 Å². The maximum Gasteiger partial charge on any atom is 0.268 e. The van der Waals surface area contributed by atoms with Crippen LogP contribution in [-0.4, -0.2) is 140 Å². The fourth-order valence-electron chi connectivity index (χ4n) is 11.3. The van der Waals surface area contributed by atoms with Crippen molar-refractivity contribution in [2.75, 3.05) is 64.0 Å². The van der Waals surface area contributed by atoms with Gasteiger partial charge in [-0.15, -0.1) is 30.6 Å². The van der Waals surface area contributed by atoms with E-state index in [2.05, 4.69) is 112 Å². The second-order valence-corrected chi connectivity index (χ2v) is 27.4. The van der Waals surface area contributed by atoms with Crippen molar-refractivity contribution in [3.05, 3.63) is 186 Å². The maximum absolute atomic E-state index is 13.9. The van der Waals surface area contributed by atoms with E-state index in [9.17, 15) is 20.2 Å². The summed E-state index contributed by atoms with van der Waals surface area (Å²) < 4.78 is 31.9. The first kappa shape index (κ1) is 72.4. The van der Waals surface area contributed by atoms with Crippen molar-refractivity contribution in [1.82, 2.24) is 91.0 Å². The summed E-state index contributed by atoms with van der Waals surface area (Å²) in [4.78, 5) is 42.8. The molecule has 0 amide bonds. The molecule has 9 aromatic heterocycles. The van der Waals surface area contributed by atoms with Gasteiger partial charge in [-0.2, -0.15) is 15.8 Å². The van der Waals surface area contributed by atoms with Crippen molar-refractivity contribution in [3.63, 3.8) is 0 Å². The minimum absolute atomic E-state index is 0. The molecule has 27 heteroatoms. The van der Waals surface area contributed by atoms with Crippen molar-refractivity contribution in [2.45, 2.75) is 103 Å². The van der Waals surface area contributed by atoms with Crippen molar-refractivity contribution in [3.8, 4) is 121 Å². The summed E-state index contributed by atoms with van der Waals surface area (Å²) in [6.45, 7) is 22.0. The zero-order chi connectivity index (χ0) is 74.0. The Labute approximate surface area is 616 Å². The summed E-state index contributed by atoms with van der Waals surface area (Å²) in [7, 11) is 3.93. The Morgan fingerprint density at radius 2 is 0.914 bits per heavy atom. The number of rotatable bonds is 19. The van der Waals surface area contributed by atoms with Crippen LogP contribution in [0.15, 0.2) is 154 Å². The quantitative estimate of drug-likeness (QED) is 0.0584. The first-order valence-corrected chi connectivity index (χ1v) is 34.3. The van der Waals surface area contributed by atoms with Crippen molar-refractivity contribution >= 4 is 11.4 Å². The van der Waals surface area contributed by atoms with Crippen LogP contribution in [0.2, 0.25) is 0 Å². The van der Waals surface area contributed by atoms with Crippen LogP contribution in [0.4, 0.5) is 15.8 Å². The van der Waals surface area contributed by atoms with Crippen LogP contribution in [0.5, 0.6) is 0 Å². The van der Waals surface area contributed by atoms with Crippen LogP contribution in [0.1, 0.15) is 109 Å². The van der Waals surface area contributed by atoms with E-state index in [4.69, 9.17) is 28.2 Å². The van der Waals surface area contributed by atoms with E-state index >= 15 is 0 Å². The van der Waals surface area contributed by atoms with E-state index in [1.165, 1.54) is 17.7 Å². The lowest BCUT2D eigenvalue weighted by Gasteiger charge is -2.28. The molecule has 0 atom stereocenters. The maximum atomic E-state index is 13.9. The molecule has 2 aliphatic heterocycles. The number of nitrogens with one attached hydrogen (secondary N) is 4. The normalized spacial score (nSPS) is 13.3. The first-order valence-electron chi connectivity index (χ1n) is 34.3. The molecule has 0 aliphatic carbocycles. The summed E-state index contributed by atoms with van der Waals surface area (Å²) >= 11 is 0. The molecule has 2 saturated heterocycles. The van der Waals surface area contributed by atoms with Gasteiger partial charge >= 0.3 is 0 Å². The molecule has 0 bridgehead atoms. The Hall–Kier alpha value is -12.4. The number of nitriles is 3. The van der Waals surface area contributed by atoms with Gasteiger partial charge in [-0.1, -0.05) is 12.1 Å². The Morgan fingerprint density at radius 1 is 0.505 bits per heavy atom. The largest absolute Gasteiger partial charge is 0.415 e. The molecule has 0 unspecified atom stereocenters. The smallest absolute Gasteiger partial charge is 0.268 e. The summed E-state index contributed by atoms with van der Waals surface area (Å²) in [5, 5.41) is 67.1. The van der Waals surface area contributed by atoms with Gasteiger partial charge in [0.2, 0.25) is 17.7 Å². The number of nitrogens with zero attached hydrogens (tertiary/aromatic N) is 19. The minimum atomic E-state index is -0.744. The average molecular weight is 1420 g/mol. The van der Waals surface area contributed by atoms with Gasteiger partial charge in [-0.3, -0.25) is 29.9 Å². The van der Waals surface area contributed by atoms with Gasteiger partial charge in [0, 0.05) is 92.5 Å². The Morgan fingerprint density at radius 3 is 1.32 bits per heavy atom. The second-order valence-electron chi connectivity index (χ2n) is 27.4. The van der Waals surface area contributed by atoms with E-state index in [0.717, 1.165) is 79.1 Å². The van der Waals surface area contributed by atoms with E-state index in [1.807, 2.05) is 147 Å². The fraction of sp³-hybridized carbons (Fsp3) is 0.308. The number of aryl methyl sites for hydroxylation is 3. The number of pyridine rings is 3. The molecule has 542 valence electrons. The van der Waals surface area contributed by atoms with Gasteiger partial charge in [-0.25, -0.2) is 19.3 Å². The van der Waals surface area contributed by atoms with Gasteiger partial charge in [0.05, 0.1) is 116 Å². The van der Waals surface area contributed by atoms with Crippen LogP contribution in [0.25, 0.3) is 103 Å². The average Bonchev–Trinajstić information content (AvgIpc) is 1.79. The molecule has 0 saturated carbocycles. The van der Waals surface area contributed by atoms with Gasteiger partial charge in [0.15, 0.2) is 0 Å². The molecule has 14 rings (SSSR count). The summed E-state index contributed by atoms with van der Waals surface area (Å²) in [6.07, 6.45) is 12.4.